The van der Waals surface area contributed by atoms with Crippen molar-refractivity contribution in [2.75, 3.05) is 0 Å². The summed E-state index contributed by atoms with van der Waals surface area (Å²) >= 11 is 3.49. The molecule has 132 valence electrons. The maximum Gasteiger partial charge on any atom is 0.220 e. The van der Waals surface area contributed by atoms with Gasteiger partial charge in [-0.1, -0.05) is 28.1 Å². The number of nitrogens with one attached hydrogen (secondary N) is 2. The van der Waals surface area contributed by atoms with Crippen molar-refractivity contribution >= 4 is 34.2 Å². The Morgan fingerprint density at radius 2 is 1.79 bits per heavy atom. The van der Waals surface area contributed by atoms with E-state index < -0.39 is 0 Å². The Hall–Kier alpha value is -0.580. The lowest BCUT2D eigenvalue weighted by atomic mass is 9.71. The van der Waals surface area contributed by atoms with Crippen molar-refractivity contribution in [2.24, 2.45) is 5.92 Å². The number of carbonyl (C=O) groups is 1. The molecule has 3 aliphatic rings. The molecule has 3 fully saturated rings. The van der Waals surface area contributed by atoms with Crippen LogP contribution in [0, 0.1) is 5.92 Å². The minimum atomic E-state index is -0.107. The molecule has 2 bridgehead atoms. The van der Waals surface area contributed by atoms with Gasteiger partial charge in [0.1, 0.15) is 0 Å². The summed E-state index contributed by atoms with van der Waals surface area (Å²) < 4.78 is 1.09. The van der Waals surface area contributed by atoms with Gasteiger partial charge in [-0.05, 0) is 68.6 Å². The van der Waals surface area contributed by atoms with E-state index in [0.717, 1.165) is 17.3 Å². The minimum Gasteiger partial charge on any atom is -0.347 e. The molecule has 2 unspecified atom stereocenters. The van der Waals surface area contributed by atoms with Crippen LogP contribution in [0.2, 0.25) is 0 Å². The van der Waals surface area contributed by atoms with Gasteiger partial charge in [-0.2, -0.15) is 0 Å². The van der Waals surface area contributed by atoms with Crippen LogP contribution in [0.15, 0.2) is 28.7 Å². The van der Waals surface area contributed by atoms with Crippen molar-refractivity contribution in [3.8, 4) is 0 Å². The zero-order valence-corrected chi connectivity index (χ0v) is 16.3. The molecule has 24 heavy (non-hydrogen) atoms. The third-order valence-corrected chi connectivity index (χ3v) is 6.56. The van der Waals surface area contributed by atoms with Gasteiger partial charge < -0.3 is 10.6 Å². The first-order chi connectivity index (χ1) is 11.1. The average molecular weight is 414 g/mol. The van der Waals surface area contributed by atoms with E-state index in [1.54, 1.807) is 0 Å². The molecule has 4 rings (SSSR count). The predicted octanol–water partition coefficient (Wildman–Crippen LogP) is 4.29. The summed E-state index contributed by atoms with van der Waals surface area (Å²) in [5, 5.41) is 7.05. The first kappa shape index (κ1) is 18.2. The van der Waals surface area contributed by atoms with Gasteiger partial charge in [0, 0.05) is 23.0 Å². The Kier molecular flexibility index (Phi) is 5.58. The lowest BCUT2D eigenvalue weighted by Crippen LogP contribution is -2.51. The van der Waals surface area contributed by atoms with Crippen LogP contribution in [0.3, 0.4) is 0 Å². The summed E-state index contributed by atoms with van der Waals surface area (Å²) in [4.78, 5) is 12.7. The Morgan fingerprint density at radius 3 is 2.33 bits per heavy atom. The normalized spacial score (nSPS) is 30.1. The van der Waals surface area contributed by atoms with Crippen molar-refractivity contribution in [2.45, 2.75) is 69.0 Å². The molecular weight excluding hydrogens is 388 g/mol. The van der Waals surface area contributed by atoms with Gasteiger partial charge >= 0.3 is 0 Å². The molecule has 1 amide bonds. The quantitative estimate of drug-likeness (QED) is 0.773. The highest BCUT2D eigenvalue weighted by molar-refractivity contribution is 9.10. The molecule has 1 saturated carbocycles. The van der Waals surface area contributed by atoms with Crippen molar-refractivity contribution in [1.29, 1.82) is 0 Å². The number of halogens is 2. The summed E-state index contributed by atoms with van der Waals surface area (Å²) in [6.07, 6.45) is 8.98. The van der Waals surface area contributed by atoms with Gasteiger partial charge in [-0.25, -0.2) is 0 Å². The van der Waals surface area contributed by atoms with Gasteiger partial charge in [0.05, 0.1) is 5.54 Å². The Morgan fingerprint density at radius 1 is 1.17 bits per heavy atom. The van der Waals surface area contributed by atoms with Crippen LogP contribution in [-0.2, 0) is 10.3 Å². The van der Waals surface area contributed by atoms with E-state index in [1.807, 2.05) is 0 Å². The molecule has 1 aliphatic carbocycles. The molecule has 2 atom stereocenters. The minimum absolute atomic E-state index is 0. The van der Waals surface area contributed by atoms with Gasteiger partial charge in [-0.15, -0.1) is 12.4 Å². The van der Waals surface area contributed by atoms with Gasteiger partial charge in [-0.3, -0.25) is 4.79 Å². The van der Waals surface area contributed by atoms with Crippen LogP contribution in [0.25, 0.3) is 0 Å². The van der Waals surface area contributed by atoms with Crippen LogP contribution in [0.5, 0.6) is 0 Å². The standard InChI is InChI=1S/C19H25BrN2O.ClH/c20-15-4-2-14(3-5-15)19(8-1-9-19)22-18(23)12-13-10-16-6-7-17(11-13)21-16;/h2-5,13,16-17,21H,1,6-12H2,(H,22,23);1H. The Labute approximate surface area is 158 Å². The molecule has 2 aliphatic heterocycles. The van der Waals surface area contributed by atoms with Gasteiger partial charge in [0.15, 0.2) is 0 Å². The number of rotatable bonds is 4. The predicted molar refractivity (Wildman–Crippen MR) is 102 cm³/mol. The molecule has 0 radical (unpaired) electrons. The molecule has 1 aromatic rings. The van der Waals surface area contributed by atoms with Crippen molar-refractivity contribution in [3.63, 3.8) is 0 Å². The van der Waals surface area contributed by atoms with E-state index >= 15 is 0 Å². The maximum atomic E-state index is 12.7. The van der Waals surface area contributed by atoms with Crippen molar-refractivity contribution in [3.05, 3.63) is 34.3 Å². The number of piperidine rings is 1. The summed E-state index contributed by atoms with van der Waals surface area (Å²) in [6.45, 7) is 0. The molecule has 3 nitrogen and oxygen atoms in total. The molecule has 0 aromatic heterocycles. The third-order valence-electron chi connectivity index (χ3n) is 6.03. The fourth-order valence-corrected chi connectivity index (χ4v) is 4.97. The molecule has 0 spiro atoms. The van der Waals surface area contributed by atoms with Gasteiger partial charge in [0.2, 0.25) is 5.91 Å². The lowest BCUT2D eigenvalue weighted by Gasteiger charge is -2.43. The summed E-state index contributed by atoms with van der Waals surface area (Å²) in [5.41, 5.74) is 1.15. The second-order valence-corrected chi connectivity index (χ2v) is 8.59. The zero-order valence-electron chi connectivity index (χ0n) is 13.9. The second kappa shape index (κ2) is 7.35. The monoisotopic (exact) mass is 412 g/mol. The fourth-order valence-electron chi connectivity index (χ4n) is 4.71. The van der Waals surface area contributed by atoms with E-state index in [0.29, 0.717) is 24.4 Å². The van der Waals surface area contributed by atoms with E-state index in [-0.39, 0.29) is 23.9 Å². The number of fused-ring (bicyclic) bond motifs is 2. The first-order valence-corrected chi connectivity index (χ1v) is 9.75. The third kappa shape index (κ3) is 3.66. The fraction of sp³-hybridized carbons (Fsp3) is 0.632. The van der Waals surface area contributed by atoms with Gasteiger partial charge in [0.25, 0.3) is 0 Å². The largest absolute Gasteiger partial charge is 0.347 e. The smallest absolute Gasteiger partial charge is 0.220 e. The first-order valence-electron chi connectivity index (χ1n) is 8.96. The molecule has 5 heteroatoms. The van der Waals surface area contributed by atoms with Crippen molar-refractivity contribution < 1.29 is 4.79 Å². The average Bonchev–Trinajstić information content (AvgIpc) is 2.83. The van der Waals surface area contributed by atoms with Crippen molar-refractivity contribution in [1.82, 2.24) is 10.6 Å². The Balaban J connectivity index is 0.00000169. The number of carbonyl (C=O) groups excluding carboxylic acids is 1. The molecule has 1 aromatic carbocycles. The zero-order chi connectivity index (χ0) is 15.9. The number of hydrogen-bond donors (Lipinski definition) is 2. The number of amides is 1. The highest BCUT2D eigenvalue weighted by atomic mass is 79.9. The highest BCUT2D eigenvalue weighted by Gasteiger charge is 2.41. The molecular formula is C19H26BrClN2O. The Bertz CT molecular complexity index is 576. The van der Waals surface area contributed by atoms with Crippen LogP contribution >= 0.6 is 28.3 Å². The molecule has 2 heterocycles. The maximum absolute atomic E-state index is 12.7. The SMILES string of the molecule is Cl.O=C(CC1CC2CCC(C1)N2)NC1(c2ccc(Br)cc2)CCC1. The van der Waals surface area contributed by atoms with Crippen LogP contribution in [-0.4, -0.2) is 18.0 Å². The topological polar surface area (TPSA) is 41.1 Å². The highest BCUT2D eigenvalue weighted by Crippen LogP contribution is 2.42. The van der Waals surface area contributed by atoms with Crippen LogP contribution < -0.4 is 10.6 Å². The molecule has 2 saturated heterocycles. The van der Waals surface area contributed by atoms with E-state index in [9.17, 15) is 4.79 Å². The van der Waals surface area contributed by atoms with E-state index in [1.165, 1.54) is 37.7 Å². The summed E-state index contributed by atoms with van der Waals surface area (Å²) in [7, 11) is 0. The summed E-state index contributed by atoms with van der Waals surface area (Å²) in [6, 6.07) is 9.77. The number of benzene rings is 1. The van der Waals surface area contributed by atoms with Crippen LogP contribution in [0.4, 0.5) is 0 Å². The second-order valence-electron chi connectivity index (χ2n) is 7.67. The van der Waals surface area contributed by atoms with E-state index in [2.05, 4.69) is 50.8 Å². The number of hydrogen-bond acceptors (Lipinski definition) is 2. The lowest BCUT2D eigenvalue weighted by molar-refractivity contribution is -0.125. The van der Waals surface area contributed by atoms with E-state index in [4.69, 9.17) is 0 Å². The molecule has 2 N–H and O–H groups in total. The van der Waals surface area contributed by atoms with Crippen LogP contribution in [0.1, 0.15) is 56.9 Å². The summed E-state index contributed by atoms with van der Waals surface area (Å²) in [5.74, 6) is 0.815.